The molecular formula is C24H15InO9. The maximum atomic E-state index is 10.7. The molecule has 0 amide bonds. The number of rotatable bonds is 6. The van der Waals surface area contributed by atoms with Crippen molar-refractivity contribution >= 4 is 61.1 Å². The summed E-state index contributed by atoms with van der Waals surface area (Å²) in [6, 6.07) is 23.2. The smallest absolute Gasteiger partial charge is 0.541 e. The van der Waals surface area contributed by atoms with E-state index in [1.807, 2.05) is 0 Å². The standard InChI is InChI=1S/3C8H6O3.In/c3*9-7(8(10)11)6-4-2-1-3-5-6;/h3*1-5H,(H,10,11);/q;;;+3/p-3. The average molecular weight is 562 g/mol. The molecule has 9 nitrogen and oxygen atoms in total. The summed E-state index contributed by atoms with van der Waals surface area (Å²) in [5.41, 5.74) is 0.438. The zero-order valence-corrected chi connectivity index (χ0v) is 20.7. The first-order valence-electron chi connectivity index (χ1n) is 9.07. The molecule has 168 valence electrons. The number of carbonyl (C=O) groups excluding carboxylic acids is 6. The fraction of sp³-hybridized carbons (Fsp3) is 0. The minimum absolute atomic E-state index is 0. The van der Waals surface area contributed by atoms with Crippen LogP contribution in [0, 0.1) is 0 Å². The van der Waals surface area contributed by atoms with Gasteiger partial charge in [0.25, 0.3) is 0 Å². The van der Waals surface area contributed by atoms with Crippen molar-refractivity contribution in [3.8, 4) is 0 Å². The first kappa shape index (κ1) is 30.0. The van der Waals surface area contributed by atoms with Crippen LogP contribution in [0.3, 0.4) is 0 Å². The van der Waals surface area contributed by atoms with E-state index in [1.165, 1.54) is 36.4 Å². The van der Waals surface area contributed by atoms with Crippen LogP contribution in [0.2, 0.25) is 0 Å². The van der Waals surface area contributed by atoms with Gasteiger partial charge in [0.15, 0.2) is 0 Å². The van der Waals surface area contributed by atoms with Crippen molar-refractivity contribution in [1.82, 2.24) is 0 Å². The summed E-state index contributed by atoms with van der Waals surface area (Å²) in [6.07, 6.45) is 0. The summed E-state index contributed by atoms with van der Waals surface area (Å²) in [6.45, 7) is 0. The van der Waals surface area contributed by atoms with Gasteiger partial charge in [0.05, 0.1) is 0 Å². The van der Waals surface area contributed by atoms with E-state index in [0.717, 1.165) is 0 Å². The van der Waals surface area contributed by atoms with Gasteiger partial charge in [-0.15, -0.1) is 0 Å². The Labute approximate surface area is 212 Å². The quantitative estimate of drug-likeness (QED) is 0.256. The van der Waals surface area contributed by atoms with E-state index in [2.05, 4.69) is 0 Å². The zero-order valence-electron chi connectivity index (χ0n) is 17.4. The Morgan fingerprint density at radius 1 is 0.382 bits per heavy atom. The minimum atomic E-state index is -1.67. The second kappa shape index (κ2) is 15.7. The molecule has 0 spiro atoms. The van der Waals surface area contributed by atoms with Crippen molar-refractivity contribution in [1.29, 1.82) is 0 Å². The Morgan fingerprint density at radius 2 is 0.559 bits per heavy atom. The molecule has 0 unspecified atom stereocenters. The Balaban J connectivity index is 0.000000473. The molecule has 0 N–H and O–H groups in total. The van der Waals surface area contributed by atoms with E-state index in [1.54, 1.807) is 54.6 Å². The molecule has 0 aliphatic carbocycles. The molecule has 0 aliphatic rings. The number of carboxylic acids is 3. The number of Topliss-reactive ketones (excluding diaryl/α,β-unsaturated/α-hetero) is 3. The van der Waals surface area contributed by atoms with Crippen molar-refractivity contribution in [2.75, 3.05) is 0 Å². The first-order chi connectivity index (χ1) is 15.6. The van der Waals surface area contributed by atoms with E-state index >= 15 is 0 Å². The monoisotopic (exact) mass is 562 g/mol. The summed E-state index contributed by atoms with van der Waals surface area (Å²) in [7, 11) is 0. The topological polar surface area (TPSA) is 172 Å². The summed E-state index contributed by atoms with van der Waals surface area (Å²) in [4.78, 5) is 62.2. The SMILES string of the molecule is O=C([O-])C(=O)c1ccccc1.O=C([O-])C(=O)c1ccccc1.O=C([O-])C(=O)c1ccccc1.[In+3]. The third-order valence-electron chi connectivity index (χ3n) is 3.66. The Morgan fingerprint density at radius 3 is 0.706 bits per heavy atom. The number of aliphatic carboxylic acids is 3. The summed E-state index contributed by atoms with van der Waals surface area (Å²) in [5.74, 6) is -7.95. The van der Waals surface area contributed by atoms with E-state index in [4.69, 9.17) is 0 Å². The van der Waals surface area contributed by atoms with Crippen LogP contribution in [-0.2, 0) is 14.4 Å². The number of hydrogen-bond donors (Lipinski definition) is 0. The normalized spacial score (nSPS) is 8.82. The molecule has 0 fully saturated rings. The third kappa shape index (κ3) is 10.5. The van der Waals surface area contributed by atoms with Crippen LogP contribution in [-0.4, -0.2) is 61.1 Å². The van der Waals surface area contributed by atoms with E-state index in [9.17, 15) is 44.1 Å². The van der Waals surface area contributed by atoms with Crippen LogP contribution in [0.25, 0.3) is 0 Å². The van der Waals surface area contributed by atoms with Crippen molar-refractivity contribution < 1.29 is 44.1 Å². The van der Waals surface area contributed by atoms with Crippen LogP contribution in [0.5, 0.6) is 0 Å². The van der Waals surface area contributed by atoms with E-state index < -0.39 is 35.3 Å². The van der Waals surface area contributed by atoms with Crippen LogP contribution in [0.4, 0.5) is 0 Å². The van der Waals surface area contributed by atoms with E-state index in [0.29, 0.717) is 0 Å². The second-order valence-electron chi connectivity index (χ2n) is 5.95. The molecule has 0 saturated heterocycles. The minimum Gasteiger partial charge on any atom is -0.541 e. The summed E-state index contributed by atoms with van der Waals surface area (Å²) >= 11 is 0. The predicted octanol–water partition coefficient (Wildman–Crippen LogP) is -1.52. The summed E-state index contributed by atoms with van der Waals surface area (Å²) < 4.78 is 0. The van der Waals surface area contributed by atoms with Crippen LogP contribution < -0.4 is 15.3 Å². The maximum Gasteiger partial charge on any atom is 3.00 e. The zero-order chi connectivity index (χ0) is 24.8. The molecular weight excluding hydrogens is 547 g/mol. The van der Waals surface area contributed by atoms with Crippen molar-refractivity contribution in [3.63, 3.8) is 0 Å². The van der Waals surface area contributed by atoms with E-state index in [-0.39, 0.29) is 42.5 Å². The molecule has 0 radical (unpaired) electrons. The van der Waals surface area contributed by atoms with Crippen LogP contribution in [0.1, 0.15) is 31.1 Å². The third-order valence-corrected chi connectivity index (χ3v) is 3.66. The largest absolute Gasteiger partial charge is 3.00 e. The van der Waals surface area contributed by atoms with Crippen molar-refractivity contribution in [2.45, 2.75) is 0 Å². The molecule has 3 aromatic rings. The summed E-state index contributed by atoms with van der Waals surface area (Å²) in [5, 5.41) is 30.1. The van der Waals surface area contributed by atoms with Crippen molar-refractivity contribution in [3.05, 3.63) is 108 Å². The van der Waals surface area contributed by atoms with Gasteiger partial charge in [-0.05, 0) is 0 Å². The molecule has 3 rings (SSSR count). The van der Waals surface area contributed by atoms with Gasteiger partial charge < -0.3 is 29.7 Å². The average Bonchev–Trinajstić information content (AvgIpc) is 2.84. The number of carbonyl (C=O) groups is 6. The number of hydrogen-bond acceptors (Lipinski definition) is 9. The molecule has 0 atom stereocenters. The second-order valence-corrected chi connectivity index (χ2v) is 5.95. The van der Waals surface area contributed by atoms with Gasteiger partial charge in [0.2, 0.25) is 17.3 Å². The molecule has 0 heterocycles. The maximum absolute atomic E-state index is 10.7. The Bertz CT molecular complexity index is 983. The molecule has 0 bridgehead atoms. The molecule has 10 heteroatoms. The fourth-order valence-electron chi connectivity index (χ4n) is 2.12. The molecule has 0 aromatic heterocycles. The van der Waals surface area contributed by atoms with Gasteiger partial charge in [-0.1, -0.05) is 91.0 Å². The van der Waals surface area contributed by atoms with Gasteiger partial charge in [0, 0.05) is 16.7 Å². The Kier molecular flexibility index (Phi) is 13.8. The van der Waals surface area contributed by atoms with Crippen LogP contribution >= 0.6 is 0 Å². The number of carboxylic acid groups (broad SMARTS) is 3. The fourth-order valence-corrected chi connectivity index (χ4v) is 2.12. The predicted molar refractivity (Wildman–Crippen MR) is 113 cm³/mol. The molecule has 34 heavy (non-hydrogen) atoms. The van der Waals surface area contributed by atoms with Gasteiger partial charge in [-0.2, -0.15) is 0 Å². The van der Waals surface area contributed by atoms with Crippen molar-refractivity contribution in [2.24, 2.45) is 0 Å². The van der Waals surface area contributed by atoms with Gasteiger partial charge in [-0.25, -0.2) is 0 Å². The van der Waals surface area contributed by atoms with Gasteiger partial charge in [-0.3, -0.25) is 14.4 Å². The molecule has 0 saturated carbocycles. The molecule has 0 aliphatic heterocycles. The van der Waals surface area contributed by atoms with Gasteiger partial charge in [0.1, 0.15) is 17.9 Å². The Hall–Kier alpha value is -4.05. The first-order valence-corrected chi connectivity index (χ1v) is 9.07. The van der Waals surface area contributed by atoms with Gasteiger partial charge >= 0.3 is 25.8 Å². The number of benzene rings is 3. The molecule has 3 aromatic carbocycles. The number of ketones is 3. The van der Waals surface area contributed by atoms with Crippen LogP contribution in [0.15, 0.2) is 91.0 Å².